The molecule has 2 N–H and O–H groups in total. The average molecular weight is 542 g/mol. The van der Waals surface area contributed by atoms with E-state index in [-0.39, 0.29) is 35.5 Å². The standard InChI is InChI=1S/C25H22F3N7O2S/c26-25(27,28)22-21(18-14-30-16-31-15-18)19(17-5-2-1-3-6-17)13-20(23(22)38(29,36)37)34-9-11-35(12-10-34)24-32-7-4-8-33-24/h1-8,13-16H,9-12H2,(H2,29,36,37). The molecular weight excluding hydrogens is 519 g/mol. The van der Waals surface area contributed by atoms with Crippen LogP contribution in [0.4, 0.5) is 24.8 Å². The zero-order valence-electron chi connectivity index (χ0n) is 19.9. The number of benzene rings is 2. The lowest BCUT2D eigenvalue weighted by atomic mass is 9.90. The first-order valence-corrected chi connectivity index (χ1v) is 13.1. The molecule has 0 bridgehead atoms. The van der Waals surface area contributed by atoms with Gasteiger partial charge < -0.3 is 9.80 Å². The van der Waals surface area contributed by atoms with Crippen LogP contribution < -0.4 is 14.9 Å². The van der Waals surface area contributed by atoms with E-state index in [2.05, 4.69) is 19.9 Å². The van der Waals surface area contributed by atoms with Crippen molar-refractivity contribution < 1.29 is 21.6 Å². The molecule has 9 nitrogen and oxygen atoms in total. The van der Waals surface area contributed by atoms with Crippen molar-refractivity contribution in [1.82, 2.24) is 19.9 Å². The Morgan fingerprint density at radius 3 is 2.03 bits per heavy atom. The quantitative estimate of drug-likeness (QED) is 0.407. The number of hydrogen-bond acceptors (Lipinski definition) is 8. The zero-order valence-corrected chi connectivity index (χ0v) is 20.7. The van der Waals surface area contributed by atoms with Gasteiger partial charge in [0.05, 0.1) is 11.3 Å². The minimum atomic E-state index is -5.06. The maximum absolute atomic E-state index is 14.8. The molecule has 0 radical (unpaired) electrons. The molecule has 5 rings (SSSR count). The van der Waals surface area contributed by atoms with Crippen molar-refractivity contribution in [2.75, 3.05) is 36.0 Å². The van der Waals surface area contributed by atoms with Gasteiger partial charge in [0.15, 0.2) is 0 Å². The monoisotopic (exact) mass is 541 g/mol. The second-order valence-corrected chi connectivity index (χ2v) is 10.1. The first-order chi connectivity index (χ1) is 18.1. The van der Waals surface area contributed by atoms with Gasteiger partial charge in [-0.2, -0.15) is 13.2 Å². The molecule has 0 atom stereocenters. The summed E-state index contributed by atoms with van der Waals surface area (Å²) >= 11 is 0. The van der Waals surface area contributed by atoms with Crippen molar-refractivity contribution in [3.63, 3.8) is 0 Å². The fourth-order valence-corrected chi connectivity index (χ4v) is 5.60. The molecule has 38 heavy (non-hydrogen) atoms. The summed E-state index contributed by atoms with van der Waals surface area (Å²) in [5, 5.41) is 5.50. The molecule has 2 aromatic carbocycles. The Bertz CT molecular complexity index is 1530. The Hall–Kier alpha value is -4.10. The molecule has 0 amide bonds. The lowest BCUT2D eigenvalue weighted by Gasteiger charge is -2.37. The third-order valence-electron chi connectivity index (χ3n) is 6.22. The third-order valence-corrected chi connectivity index (χ3v) is 7.20. The largest absolute Gasteiger partial charge is 0.418 e. The second-order valence-electron chi connectivity index (χ2n) is 8.58. The number of anilines is 2. The van der Waals surface area contributed by atoms with Crippen molar-refractivity contribution >= 4 is 21.7 Å². The van der Waals surface area contributed by atoms with Crippen LogP contribution in [0.2, 0.25) is 0 Å². The molecule has 2 aromatic heterocycles. The molecule has 0 unspecified atom stereocenters. The molecular formula is C25H22F3N7O2S. The van der Waals surface area contributed by atoms with Crippen LogP contribution in [-0.4, -0.2) is 54.5 Å². The lowest BCUT2D eigenvalue weighted by Crippen LogP contribution is -2.47. The fraction of sp³-hybridized carbons (Fsp3) is 0.200. The van der Waals surface area contributed by atoms with E-state index in [0.29, 0.717) is 24.6 Å². The average Bonchev–Trinajstić information content (AvgIpc) is 2.92. The summed E-state index contributed by atoms with van der Waals surface area (Å²) in [4.78, 5) is 18.7. The maximum Gasteiger partial charge on any atom is 0.418 e. The Balaban J connectivity index is 1.75. The second kappa shape index (κ2) is 9.99. The minimum Gasteiger partial charge on any atom is -0.367 e. The normalized spacial score (nSPS) is 14.5. The van der Waals surface area contributed by atoms with Gasteiger partial charge in [-0.25, -0.2) is 33.5 Å². The van der Waals surface area contributed by atoms with E-state index in [4.69, 9.17) is 5.14 Å². The van der Waals surface area contributed by atoms with Crippen LogP contribution in [0.15, 0.2) is 78.5 Å². The highest BCUT2D eigenvalue weighted by molar-refractivity contribution is 7.89. The topological polar surface area (TPSA) is 118 Å². The summed E-state index contributed by atoms with van der Waals surface area (Å²) in [5.74, 6) is 0.485. The van der Waals surface area contributed by atoms with E-state index >= 15 is 0 Å². The van der Waals surface area contributed by atoms with Crippen molar-refractivity contribution in [3.05, 3.63) is 79.1 Å². The molecule has 1 saturated heterocycles. The van der Waals surface area contributed by atoms with Crippen molar-refractivity contribution in [1.29, 1.82) is 0 Å². The number of nitrogens with two attached hydrogens (primary N) is 1. The van der Waals surface area contributed by atoms with Crippen LogP contribution in [0.1, 0.15) is 5.56 Å². The van der Waals surface area contributed by atoms with Gasteiger partial charge in [0.2, 0.25) is 16.0 Å². The predicted molar refractivity (Wildman–Crippen MR) is 136 cm³/mol. The third kappa shape index (κ3) is 5.02. The van der Waals surface area contributed by atoms with Crippen molar-refractivity contribution in [3.8, 4) is 22.3 Å². The van der Waals surface area contributed by atoms with Gasteiger partial charge in [-0.3, -0.25) is 0 Å². The van der Waals surface area contributed by atoms with Crippen LogP contribution >= 0.6 is 0 Å². The van der Waals surface area contributed by atoms with Gasteiger partial charge in [-0.05, 0) is 23.3 Å². The van der Waals surface area contributed by atoms with E-state index in [9.17, 15) is 21.6 Å². The number of primary sulfonamides is 1. The summed E-state index contributed by atoms with van der Waals surface area (Å²) in [7, 11) is -4.83. The lowest BCUT2D eigenvalue weighted by molar-refractivity contribution is -0.139. The summed E-state index contributed by atoms with van der Waals surface area (Å²) < 4.78 is 70.3. The summed E-state index contributed by atoms with van der Waals surface area (Å²) in [5.41, 5.74) is -1.15. The number of nitrogens with zero attached hydrogens (tertiary/aromatic N) is 6. The van der Waals surface area contributed by atoms with E-state index in [0.717, 1.165) is 0 Å². The van der Waals surface area contributed by atoms with Gasteiger partial charge >= 0.3 is 6.18 Å². The van der Waals surface area contributed by atoms with E-state index in [1.165, 1.54) is 24.8 Å². The number of sulfonamides is 1. The predicted octanol–water partition coefficient (Wildman–Crippen LogP) is 3.59. The van der Waals surface area contributed by atoms with Crippen molar-refractivity contribution in [2.45, 2.75) is 11.1 Å². The first kappa shape index (κ1) is 25.5. The van der Waals surface area contributed by atoms with Crippen LogP contribution in [0.3, 0.4) is 0 Å². The van der Waals surface area contributed by atoms with Crippen LogP contribution in [0, 0.1) is 0 Å². The number of piperazine rings is 1. The molecule has 196 valence electrons. The molecule has 1 fully saturated rings. The number of rotatable bonds is 5. The van der Waals surface area contributed by atoms with E-state index in [1.807, 2.05) is 4.90 Å². The molecule has 1 aliphatic rings. The van der Waals surface area contributed by atoms with Crippen molar-refractivity contribution in [2.24, 2.45) is 5.14 Å². The number of hydrogen-bond donors (Lipinski definition) is 1. The Labute approximate surface area is 216 Å². The van der Waals surface area contributed by atoms with Gasteiger partial charge in [-0.1, -0.05) is 30.3 Å². The Kier molecular flexibility index (Phi) is 6.71. The molecule has 13 heteroatoms. The fourth-order valence-electron chi connectivity index (χ4n) is 4.62. The van der Waals surface area contributed by atoms with E-state index < -0.39 is 26.7 Å². The number of alkyl halides is 3. The molecule has 0 saturated carbocycles. The highest BCUT2D eigenvalue weighted by Gasteiger charge is 2.43. The first-order valence-electron chi connectivity index (χ1n) is 11.5. The molecule has 0 aliphatic carbocycles. The number of aromatic nitrogens is 4. The Morgan fingerprint density at radius 2 is 1.45 bits per heavy atom. The molecule has 3 heterocycles. The summed E-state index contributed by atoms with van der Waals surface area (Å²) in [6.07, 6.45) is 1.75. The summed E-state index contributed by atoms with van der Waals surface area (Å²) in [6, 6.07) is 11.6. The molecule has 4 aromatic rings. The summed E-state index contributed by atoms with van der Waals surface area (Å²) in [6.45, 7) is 1.18. The molecule has 1 aliphatic heterocycles. The zero-order chi connectivity index (χ0) is 26.9. The SMILES string of the molecule is NS(=O)(=O)c1c(N2CCN(c3ncccn3)CC2)cc(-c2ccccc2)c(-c2cncnc2)c1C(F)(F)F. The van der Waals surface area contributed by atoms with Gasteiger partial charge in [-0.15, -0.1) is 0 Å². The Morgan fingerprint density at radius 1 is 0.842 bits per heavy atom. The van der Waals surface area contributed by atoms with Gasteiger partial charge in [0.25, 0.3) is 0 Å². The van der Waals surface area contributed by atoms with E-state index in [1.54, 1.807) is 53.7 Å². The van der Waals surface area contributed by atoms with Gasteiger partial charge in [0.1, 0.15) is 11.2 Å². The maximum atomic E-state index is 14.8. The highest BCUT2D eigenvalue weighted by Crippen LogP contribution is 2.49. The molecule has 0 spiro atoms. The minimum absolute atomic E-state index is 0.0150. The van der Waals surface area contributed by atoms with Crippen LogP contribution in [-0.2, 0) is 16.2 Å². The van der Waals surface area contributed by atoms with Crippen LogP contribution in [0.5, 0.6) is 0 Å². The van der Waals surface area contributed by atoms with Gasteiger partial charge in [0, 0.05) is 62.1 Å². The highest BCUT2D eigenvalue weighted by atomic mass is 32.2. The number of halogens is 3. The smallest absolute Gasteiger partial charge is 0.367 e. The van der Waals surface area contributed by atoms with Crippen LogP contribution in [0.25, 0.3) is 22.3 Å².